The Balaban J connectivity index is 1.20. The number of fused-ring (bicyclic) bond motifs is 3. The zero-order chi connectivity index (χ0) is 38.0. The van der Waals surface area contributed by atoms with Crippen LogP contribution in [0, 0.1) is 0 Å². The summed E-state index contributed by atoms with van der Waals surface area (Å²) in [6.07, 6.45) is 0. The molecule has 0 bridgehead atoms. The van der Waals surface area contributed by atoms with Gasteiger partial charge in [-0.25, -0.2) is 0 Å². The molecule has 0 saturated heterocycles. The van der Waals surface area contributed by atoms with Crippen LogP contribution in [0.1, 0.15) is 0 Å². The molecule has 0 fully saturated rings. The van der Waals surface area contributed by atoms with E-state index in [2.05, 4.69) is 228 Å². The van der Waals surface area contributed by atoms with Crippen LogP contribution in [0.2, 0.25) is 0 Å². The van der Waals surface area contributed by atoms with Crippen LogP contribution in [0.15, 0.2) is 235 Å². The quantitative estimate of drug-likeness (QED) is 0.147. The van der Waals surface area contributed by atoms with Crippen molar-refractivity contribution in [2.24, 2.45) is 0 Å². The van der Waals surface area contributed by atoms with E-state index in [1.165, 1.54) is 22.3 Å². The van der Waals surface area contributed by atoms with Crippen LogP contribution in [-0.2, 0) is 0 Å². The lowest BCUT2D eigenvalue weighted by molar-refractivity contribution is 0.670. The molecule has 10 rings (SSSR count). The van der Waals surface area contributed by atoms with Gasteiger partial charge in [0.25, 0.3) is 0 Å². The Bertz CT molecular complexity index is 2780. The molecular weight excluding hydrogens is 693 g/mol. The van der Waals surface area contributed by atoms with Crippen LogP contribution < -0.4 is 9.80 Å². The van der Waals surface area contributed by atoms with Gasteiger partial charge in [-0.2, -0.15) is 0 Å². The van der Waals surface area contributed by atoms with Crippen LogP contribution >= 0.6 is 0 Å². The standard InChI is InChI=1S/C54H38N2O/c1-5-16-39(17-6-1)41-28-32-46(33-29-41)55(44-20-9-3-10-21-44)48-36-43(50-25-15-26-52-51-24-13-14-27-53(51)57-54(50)52)37-49(38-48)56(45-22-11-4-12-23-45)47-34-30-42(31-35-47)40-18-7-2-8-19-40/h1-38H. The fraction of sp³-hybridized carbons (Fsp3) is 0. The summed E-state index contributed by atoms with van der Waals surface area (Å²) in [7, 11) is 0. The molecule has 1 heterocycles. The second-order valence-electron chi connectivity index (χ2n) is 14.2. The highest BCUT2D eigenvalue weighted by Crippen LogP contribution is 2.45. The van der Waals surface area contributed by atoms with E-state index in [-0.39, 0.29) is 0 Å². The van der Waals surface area contributed by atoms with Crippen molar-refractivity contribution in [3.05, 3.63) is 231 Å². The number of hydrogen-bond donors (Lipinski definition) is 0. The number of hydrogen-bond acceptors (Lipinski definition) is 3. The minimum Gasteiger partial charge on any atom is -0.455 e. The van der Waals surface area contributed by atoms with Gasteiger partial charge in [0.15, 0.2) is 0 Å². The van der Waals surface area contributed by atoms with Gasteiger partial charge in [-0.05, 0) is 101 Å². The predicted molar refractivity (Wildman–Crippen MR) is 239 cm³/mol. The van der Waals surface area contributed by atoms with E-state index < -0.39 is 0 Å². The van der Waals surface area contributed by atoms with E-state index in [0.29, 0.717) is 0 Å². The molecule has 0 aliphatic heterocycles. The zero-order valence-electron chi connectivity index (χ0n) is 31.2. The van der Waals surface area contributed by atoms with Crippen LogP contribution in [0.5, 0.6) is 0 Å². The number of rotatable bonds is 9. The summed E-state index contributed by atoms with van der Waals surface area (Å²) in [6.45, 7) is 0. The van der Waals surface area contributed by atoms with Crippen molar-refractivity contribution in [1.82, 2.24) is 0 Å². The Morgan fingerprint density at radius 2 is 0.667 bits per heavy atom. The summed E-state index contributed by atoms with van der Waals surface area (Å²) in [5.74, 6) is 0. The molecule has 0 spiro atoms. The van der Waals surface area contributed by atoms with E-state index in [4.69, 9.17) is 4.42 Å². The number of para-hydroxylation sites is 4. The molecule has 0 atom stereocenters. The Morgan fingerprint density at radius 1 is 0.263 bits per heavy atom. The first-order chi connectivity index (χ1) is 28.3. The maximum atomic E-state index is 6.66. The largest absolute Gasteiger partial charge is 0.455 e. The lowest BCUT2D eigenvalue weighted by Gasteiger charge is -2.30. The van der Waals surface area contributed by atoms with Gasteiger partial charge < -0.3 is 14.2 Å². The highest BCUT2D eigenvalue weighted by Gasteiger charge is 2.21. The third-order valence-corrected chi connectivity index (χ3v) is 10.6. The Hall–Kier alpha value is -7.62. The highest BCUT2D eigenvalue weighted by atomic mass is 16.3. The highest BCUT2D eigenvalue weighted by molar-refractivity contribution is 6.10. The molecule has 270 valence electrons. The Kier molecular flexibility index (Phi) is 8.86. The van der Waals surface area contributed by atoms with Crippen molar-refractivity contribution in [2.75, 3.05) is 9.80 Å². The molecule has 0 unspecified atom stereocenters. The fourth-order valence-electron chi connectivity index (χ4n) is 7.90. The minimum absolute atomic E-state index is 0.874. The number of nitrogens with zero attached hydrogens (tertiary/aromatic N) is 2. The summed E-state index contributed by atoms with van der Waals surface area (Å²) in [5, 5.41) is 2.21. The SMILES string of the molecule is c1ccc(-c2ccc(N(c3ccccc3)c3cc(-c4cccc5c4oc4ccccc45)cc(N(c4ccccc4)c4ccc(-c5ccccc5)cc4)c3)cc2)cc1. The molecule has 0 amide bonds. The number of benzene rings is 9. The zero-order valence-corrected chi connectivity index (χ0v) is 31.2. The fourth-order valence-corrected chi connectivity index (χ4v) is 7.90. The van der Waals surface area contributed by atoms with E-state index in [1.807, 2.05) is 12.1 Å². The molecule has 0 radical (unpaired) electrons. The minimum atomic E-state index is 0.874. The molecule has 0 N–H and O–H groups in total. The first-order valence-electron chi connectivity index (χ1n) is 19.3. The van der Waals surface area contributed by atoms with Gasteiger partial charge in [-0.15, -0.1) is 0 Å². The van der Waals surface area contributed by atoms with Crippen LogP contribution in [-0.4, -0.2) is 0 Å². The normalized spacial score (nSPS) is 11.2. The first kappa shape index (κ1) is 33.9. The number of anilines is 6. The molecule has 9 aromatic carbocycles. The number of furan rings is 1. The van der Waals surface area contributed by atoms with Crippen molar-refractivity contribution in [3.8, 4) is 33.4 Å². The van der Waals surface area contributed by atoms with Crippen LogP contribution in [0.3, 0.4) is 0 Å². The Labute approximate surface area is 333 Å². The van der Waals surface area contributed by atoms with E-state index >= 15 is 0 Å². The van der Waals surface area contributed by atoms with E-state index in [9.17, 15) is 0 Å². The molecule has 0 aliphatic carbocycles. The third kappa shape index (κ3) is 6.62. The average Bonchev–Trinajstić information content (AvgIpc) is 3.68. The molecule has 3 heteroatoms. The molecule has 3 nitrogen and oxygen atoms in total. The van der Waals surface area contributed by atoms with Gasteiger partial charge in [0.1, 0.15) is 11.2 Å². The van der Waals surface area contributed by atoms with Gasteiger partial charge in [0.05, 0.1) is 0 Å². The predicted octanol–water partition coefficient (Wildman–Crippen LogP) is 15.5. The second-order valence-corrected chi connectivity index (χ2v) is 14.2. The van der Waals surface area contributed by atoms with Crippen LogP contribution in [0.4, 0.5) is 34.1 Å². The second kappa shape index (κ2) is 14.9. The average molecular weight is 731 g/mol. The van der Waals surface area contributed by atoms with Crippen molar-refractivity contribution < 1.29 is 4.42 Å². The lowest BCUT2D eigenvalue weighted by Crippen LogP contribution is -2.13. The van der Waals surface area contributed by atoms with Crippen molar-refractivity contribution in [3.63, 3.8) is 0 Å². The molecule has 1 aromatic heterocycles. The van der Waals surface area contributed by atoms with E-state index in [1.54, 1.807) is 0 Å². The maximum Gasteiger partial charge on any atom is 0.143 e. The molecule has 57 heavy (non-hydrogen) atoms. The third-order valence-electron chi connectivity index (χ3n) is 10.6. The molecule has 0 aliphatic rings. The summed E-state index contributed by atoms with van der Waals surface area (Å²) < 4.78 is 6.66. The van der Waals surface area contributed by atoms with Gasteiger partial charge >= 0.3 is 0 Å². The van der Waals surface area contributed by atoms with Crippen molar-refractivity contribution in [2.45, 2.75) is 0 Å². The van der Waals surface area contributed by atoms with Crippen molar-refractivity contribution >= 4 is 56.1 Å². The van der Waals surface area contributed by atoms with E-state index in [0.717, 1.165) is 67.2 Å². The van der Waals surface area contributed by atoms with Gasteiger partial charge in [0, 0.05) is 50.5 Å². The lowest BCUT2D eigenvalue weighted by atomic mass is 9.99. The van der Waals surface area contributed by atoms with Gasteiger partial charge in [-0.3, -0.25) is 0 Å². The Morgan fingerprint density at radius 3 is 1.18 bits per heavy atom. The maximum absolute atomic E-state index is 6.66. The van der Waals surface area contributed by atoms with Crippen LogP contribution in [0.25, 0.3) is 55.3 Å². The summed E-state index contributed by atoms with van der Waals surface area (Å²) in [6, 6.07) is 81.7. The smallest absolute Gasteiger partial charge is 0.143 e. The summed E-state index contributed by atoms with van der Waals surface area (Å²) >= 11 is 0. The topological polar surface area (TPSA) is 19.6 Å². The summed E-state index contributed by atoms with van der Waals surface area (Å²) in [4.78, 5) is 4.70. The summed E-state index contributed by atoms with van der Waals surface area (Å²) in [5.41, 5.74) is 14.9. The first-order valence-corrected chi connectivity index (χ1v) is 19.3. The van der Waals surface area contributed by atoms with Gasteiger partial charge in [0.2, 0.25) is 0 Å². The van der Waals surface area contributed by atoms with Crippen molar-refractivity contribution in [1.29, 1.82) is 0 Å². The molecular formula is C54H38N2O. The van der Waals surface area contributed by atoms with Gasteiger partial charge in [-0.1, -0.05) is 158 Å². The molecule has 10 aromatic rings. The monoisotopic (exact) mass is 730 g/mol. The molecule has 0 saturated carbocycles.